The van der Waals surface area contributed by atoms with Gasteiger partial charge >= 0.3 is 5.97 Å². The summed E-state index contributed by atoms with van der Waals surface area (Å²) in [5.41, 5.74) is 0.799. The summed E-state index contributed by atoms with van der Waals surface area (Å²) < 4.78 is 5.65. The molecule has 1 heterocycles. The summed E-state index contributed by atoms with van der Waals surface area (Å²) >= 11 is 1.46. The third-order valence-corrected chi connectivity index (χ3v) is 4.10. The number of phenolic OH excluding ortho intramolecular Hbond substituents is 1. The first-order chi connectivity index (χ1) is 10.1. The zero-order valence-corrected chi connectivity index (χ0v) is 11.8. The van der Waals surface area contributed by atoms with E-state index in [4.69, 9.17) is 4.42 Å². The number of phenols is 1. The largest absolute Gasteiger partial charge is 0.508 e. The number of carboxylic acid groups (broad SMARTS) is 1. The highest BCUT2D eigenvalue weighted by molar-refractivity contribution is 7.98. The molecular weight excluding hydrogens is 288 g/mol. The van der Waals surface area contributed by atoms with Gasteiger partial charge in [-0.05, 0) is 30.3 Å². The number of furan rings is 1. The first-order valence-corrected chi connectivity index (χ1v) is 7.29. The topological polar surface area (TPSA) is 70.7 Å². The average Bonchev–Trinajstić information content (AvgIpc) is 2.85. The van der Waals surface area contributed by atoms with Gasteiger partial charge in [0.15, 0.2) is 0 Å². The predicted octanol–water partition coefficient (Wildman–Crippen LogP) is 4.13. The van der Waals surface area contributed by atoms with Gasteiger partial charge in [0.1, 0.15) is 22.7 Å². The van der Waals surface area contributed by atoms with Crippen LogP contribution in [0.4, 0.5) is 0 Å². The number of hydrogen-bond acceptors (Lipinski definition) is 4. The van der Waals surface area contributed by atoms with Gasteiger partial charge in [-0.15, -0.1) is 11.8 Å². The molecule has 1 aromatic heterocycles. The summed E-state index contributed by atoms with van der Waals surface area (Å²) in [5, 5.41) is 19.2. The number of rotatable bonds is 4. The molecule has 106 valence electrons. The van der Waals surface area contributed by atoms with Crippen LogP contribution >= 0.6 is 11.8 Å². The summed E-state index contributed by atoms with van der Waals surface area (Å²) in [4.78, 5) is 12.4. The van der Waals surface area contributed by atoms with E-state index in [1.807, 2.05) is 6.07 Å². The van der Waals surface area contributed by atoms with Crippen molar-refractivity contribution in [2.45, 2.75) is 10.6 Å². The highest BCUT2D eigenvalue weighted by Crippen LogP contribution is 2.31. The summed E-state index contributed by atoms with van der Waals surface area (Å²) in [6, 6.07) is 13.9. The smallest absolute Gasteiger partial charge is 0.339 e. The van der Waals surface area contributed by atoms with E-state index in [-0.39, 0.29) is 11.3 Å². The second kappa shape index (κ2) is 5.54. The van der Waals surface area contributed by atoms with Crippen molar-refractivity contribution >= 4 is 28.7 Å². The number of fused-ring (bicyclic) bond motifs is 1. The molecule has 0 fully saturated rings. The first kappa shape index (κ1) is 13.6. The molecule has 0 saturated heterocycles. The van der Waals surface area contributed by atoms with Gasteiger partial charge in [0.05, 0.1) is 5.75 Å². The Morgan fingerprint density at radius 2 is 1.81 bits per heavy atom. The van der Waals surface area contributed by atoms with Gasteiger partial charge in [0, 0.05) is 10.3 Å². The van der Waals surface area contributed by atoms with Gasteiger partial charge in [-0.25, -0.2) is 4.79 Å². The van der Waals surface area contributed by atoms with E-state index < -0.39 is 5.97 Å². The number of carbonyl (C=O) groups is 1. The summed E-state index contributed by atoms with van der Waals surface area (Å²) in [5.74, 6) is 0.0820. The Bertz CT molecular complexity index is 790. The molecule has 0 aliphatic rings. The van der Waals surface area contributed by atoms with Crippen LogP contribution in [0.1, 0.15) is 16.1 Å². The number of hydrogen-bond donors (Lipinski definition) is 2. The average molecular weight is 300 g/mol. The van der Waals surface area contributed by atoms with Crippen molar-refractivity contribution in [3.8, 4) is 5.75 Å². The lowest BCUT2D eigenvalue weighted by atomic mass is 10.1. The van der Waals surface area contributed by atoms with Gasteiger partial charge in [0.25, 0.3) is 0 Å². The number of aromatic hydroxyl groups is 1. The highest BCUT2D eigenvalue weighted by atomic mass is 32.2. The van der Waals surface area contributed by atoms with E-state index in [0.717, 1.165) is 4.90 Å². The van der Waals surface area contributed by atoms with Crippen molar-refractivity contribution in [3.63, 3.8) is 0 Å². The molecule has 2 aromatic carbocycles. The number of benzene rings is 2. The number of para-hydroxylation sites is 1. The van der Waals surface area contributed by atoms with E-state index in [1.54, 1.807) is 42.5 Å². The fraction of sp³-hybridized carbons (Fsp3) is 0.0625. The molecule has 0 bridgehead atoms. The maximum atomic E-state index is 11.5. The molecule has 4 nitrogen and oxygen atoms in total. The molecule has 3 aromatic rings. The monoisotopic (exact) mass is 300 g/mol. The molecule has 3 rings (SSSR count). The van der Waals surface area contributed by atoms with Gasteiger partial charge < -0.3 is 14.6 Å². The number of thioether (sulfide) groups is 1. The third kappa shape index (κ3) is 2.73. The van der Waals surface area contributed by atoms with Crippen LogP contribution in [-0.4, -0.2) is 16.2 Å². The number of carboxylic acids is 1. The summed E-state index contributed by atoms with van der Waals surface area (Å²) in [6.07, 6.45) is 0. The fourth-order valence-corrected chi connectivity index (χ4v) is 2.95. The van der Waals surface area contributed by atoms with Crippen LogP contribution in [0.15, 0.2) is 57.8 Å². The van der Waals surface area contributed by atoms with E-state index in [0.29, 0.717) is 22.5 Å². The standard InChI is InChI=1S/C16H12O4S/c17-10-5-7-11(8-6-10)21-9-14-15(16(18)19)12-3-1-2-4-13(12)20-14/h1-8,17H,9H2,(H,18,19). The number of aromatic carboxylic acids is 1. The molecule has 0 saturated carbocycles. The van der Waals surface area contributed by atoms with Gasteiger partial charge in [0.2, 0.25) is 0 Å². The van der Waals surface area contributed by atoms with Gasteiger partial charge in [-0.1, -0.05) is 18.2 Å². The quantitative estimate of drug-likeness (QED) is 0.709. The Labute approximate surface area is 125 Å². The molecule has 0 unspecified atom stereocenters. The molecule has 0 aliphatic carbocycles. The maximum Gasteiger partial charge on any atom is 0.339 e. The van der Waals surface area contributed by atoms with Crippen molar-refractivity contribution in [2.75, 3.05) is 0 Å². The lowest BCUT2D eigenvalue weighted by Gasteiger charge is -2.01. The Kier molecular flexibility index (Phi) is 3.58. The van der Waals surface area contributed by atoms with Crippen molar-refractivity contribution in [2.24, 2.45) is 0 Å². The molecule has 0 spiro atoms. The van der Waals surface area contributed by atoms with Crippen LogP contribution in [0.2, 0.25) is 0 Å². The lowest BCUT2D eigenvalue weighted by molar-refractivity contribution is 0.0697. The second-order valence-electron chi connectivity index (χ2n) is 4.48. The van der Waals surface area contributed by atoms with Crippen molar-refractivity contribution < 1.29 is 19.4 Å². The minimum atomic E-state index is -0.985. The van der Waals surface area contributed by atoms with E-state index in [1.165, 1.54) is 11.8 Å². The minimum absolute atomic E-state index is 0.203. The lowest BCUT2D eigenvalue weighted by Crippen LogP contribution is -1.98. The maximum absolute atomic E-state index is 11.5. The molecule has 5 heteroatoms. The minimum Gasteiger partial charge on any atom is -0.508 e. The van der Waals surface area contributed by atoms with E-state index in [9.17, 15) is 15.0 Å². The fourth-order valence-electron chi connectivity index (χ4n) is 2.12. The van der Waals surface area contributed by atoms with Gasteiger partial charge in [-0.3, -0.25) is 0 Å². The van der Waals surface area contributed by atoms with Crippen molar-refractivity contribution in [1.29, 1.82) is 0 Å². The van der Waals surface area contributed by atoms with Crippen LogP contribution in [0.25, 0.3) is 11.0 Å². The highest BCUT2D eigenvalue weighted by Gasteiger charge is 2.19. The SMILES string of the molecule is O=C(O)c1c(CSc2ccc(O)cc2)oc2ccccc12. The molecule has 0 aliphatic heterocycles. The van der Waals surface area contributed by atoms with Crippen molar-refractivity contribution in [3.05, 3.63) is 59.9 Å². The predicted molar refractivity (Wildman–Crippen MR) is 80.8 cm³/mol. The Morgan fingerprint density at radius 1 is 1.10 bits per heavy atom. The second-order valence-corrected chi connectivity index (χ2v) is 5.53. The summed E-state index contributed by atoms with van der Waals surface area (Å²) in [7, 11) is 0. The summed E-state index contributed by atoms with van der Waals surface area (Å²) in [6.45, 7) is 0. The Hall–Kier alpha value is -2.40. The Morgan fingerprint density at radius 3 is 2.52 bits per heavy atom. The Balaban J connectivity index is 1.91. The van der Waals surface area contributed by atoms with Crippen LogP contribution in [0.3, 0.4) is 0 Å². The molecular formula is C16H12O4S. The normalized spacial score (nSPS) is 10.9. The van der Waals surface area contributed by atoms with Crippen molar-refractivity contribution in [1.82, 2.24) is 0 Å². The van der Waals surface area contributed by atoms with Crippen LogP contribution < -0.4 is 0 Å². The third-order valence-electron chi connectivity index (χ3n) is 3.09. The van der Waals surface area contributed by atoms with E-state index in [2.05, 4.69) is 0 Å². The molecule has 21 heavy (non-hydrogen) atoms. The molecule has 2 N–H and O–H groups in total. The zero-order chi connectivity index (χ0) is 14.8. The van der Waals surface area contributed by atoms with Crippen LogP contribution in [-0.2, 0) is 5.75 Å². The van der Waals surface area contributed by atoms with E-state index >= 15 is 0 Å². The zero-order valence-electron chi connectivity index (χ0n) is 10.9. The van der Waals surface area contributed by atoms with Gasteiger partial charge in [-0.2, -0.15) is 0 Å². The molecule has 0 amide bonds. The molecule has 0 radical (unpaired) electrons. The van der Waals surface area contributed by atoms with Crippen LogP contribution in [0, 0.1) is 0 Å². The first-order valence-electron chi connectivity index (χ1n) is 6.30. The van der Waals surface area contributed by atoms with Crippen LogP contribution in [0.5, 0.6) is 5.75 Å². The molecule has 0 atom stereocenters.